The normalized spacial score (nSPS) is 20.0. The number of ether oxygens (including phenoxy) is 1. The molecule has 3 aliphatic rings. The van der Waals surface area contributed by atoms with Crippen molar-refractivity contribution in [3.63, 3.8) is 0 Å². The van der Waals surface area contributed by atoms with Crippen molar-refractivity contribution >= 4 is 17.2 Å². The summed E-state index contributed by atoms with van der Waals surface area (Å²) in [6.45, 7) is 8.53. The van der Waals surface area contributed by atoms with Gasteiger partial charge in [0.15, 0.2) is 11.5 Å². The number of aromatic nitrogens is 5. The molecule has 34 heavy (non-hydrogen) atoms. The van der Waals surface area contributed by atoms with Gasteiger partial charge in [0.25, 0.3) is 5.82 Å². The topological polar surface area (TPSA) is 71.7 Å². The van der Waals surface area contributed by atoms with E-state index in [0.29, 0.717) is 36.3 Å². The average Bonchev–Trinajstić information content (AvgIpc) is 3.24. The molecule has 0 bridgehead atoms. The minimum absolute atomic E-state index is 0.134. The zero-order chi connectivity index (χ0) is 23.7. The summed E-state index contributed by atoms with van der Waals surface area (Å²) in [6, 6.07) is 2.18. The Morgan fingerprint density at radius 2 is 1.76 bits per heavy atom. The summed E-state index contributed by atoms with van der Waals surface area (Å²) < 4.78 is 46.6. The molecule has 0 aliphatic carbocycles. The Labute approximate surface area is 194 Å². The summed E-state index contributed by atoms with van der Waals surface area (Å²) in [4.78, 5) is 9.15. The van der Waals surface area contributed by atoms with Gasteiger partial charge >= 0.3 is 6.18 Å². The minimum atomic E-state index is -4.63. The lowest BCUT2D eigenvalue weighted by Crippen LogP contribution is -2.51. The molecule has 2 fully saturated rings. The maximum Gasteiger partial charge on any atom is 0.453 e. The van der Waals surface area contributed by atoms with Crippen molar-refractivity contribution in [2.45, 2.75) is 45.8 Å². The van der Waals surface area contributed by atoms with Crippen molar-refractivity contribution < 1.29 is 17.9 Å². The van der Waals surface area contributed by atoms with Crippen LogP contribution >= 0.6 is 0 Å². The maximum atomic E-state index is 13.5. The minimum Gasteiger partial charge on any atom is -0.380 e. The molecule has 2 saturated heterocycles. The number of rotatable bonds is 2. The van der Waals surface area contributed by atoms with Crippen LogP contribution in [0.15, 0.2) is 12.3 Å². The van der Waals surface area contributed by atoms with Gasteiger partial charge in [0.05, 0.1) is 25.1 Å². The number of aryl methyl sites for hydroxylation is 1. The fourth-order valence-electron chi connectivity index (χ4n) is 5.28. The predicted octanol–water partition coefficient (Wildman–Crippen LogP) is 3.33. The smallest absolute Gasteiger partial charge is 0.380 e. The van der Waals surface area contributed by atoms with Crippen molar-refractivity contribution in [2.75, 3.05) is 42.6 Å². The van der Waals surface area contributed by atoms with Gasteiger partial charge in [-0.3, -0.25) is 4.98 Å². The van der Waals surface area contributed by atoms with Gasteiger partial charge in [0.1, 0.15) is 0 Å². The molecule has 0 N–H and O–H groups in total. The van der Waals surface area contributed by atoms with Crippen LogP contribution in [0.25, 0.3) is 5.65 Å². The van der Waals surface area contributed by atoms with Crippen LogP contribution in [-0.4, -0.2) is 57.6 Å². The van der Waals surface area contributed by atoms with E-state index in [-0.39, 0.29) is 5.65 Å². The number of hydrogen-bond acceptors (Lipinski definition) is 7. The second-order valence-electron chi connectivity index (χ2n) is 9.78. The van der Waals surface area contributed by atoms with E-state index in [1.165, 1.54) is 0 Å². The lowest BCUT2D eigenvalue weighted by Gasteiger charge is -2.47. The highest BCUT2D eigenvalue weighted by Gasteiger charge is 2.41. The highest BCUT2D eigenvalue weighted by atomic mass is 19.4. The molecule has 0 atom stereocenters. The number of hydrogen-bond donors (Lipinski definition) is 0. The third kappa shape index (κ3) is 3.40. The Morgan fingerprint density at radius 1 is 1.00 bits per heavy atom. The third-order valence-electron chi connectivity index (χ3n) is 7.65. The van der Waals surface area contributed by atoms with Gasteiger partial charge in [-0.25, -0.2) is 0 Å². The molecular formula is C23H26F3N7O. The van der Waals surface area contributed by atoms with Crippen molar-refractivity contribution in [3.05, 3.63) is 40.5 Å². The van der Waals surface area contributed by atoms with Crippen LogP contribution in [-0.2, 0) is 23.9 Å². The highest BCUT2D eigenvalue weighted by Crippen LogP contribution is 2.40. The van der Waals surface area contributed by atoms with E-state index in [2.05, 4.69) is 26.3 Å². The maximum absolute atomic E-state index is 13.5. The quantitative estimate of drug-likeness (QED) is 0.565. The van der Waals surface area contributed by atoms with Crippen molar-refractivity contribution in [1.82, 2.24) is 24.8 Å². The lowest BCUT2D eigenvalue weighted by molar-refractivity contribution is -0.146. The second-order valence-corrected chi connectivity index (χ2v) is 9.78. The Kier molecular flexibility index (Phi) is 4.78. The van der Waals surface area contributed by atoms with Crippen LogP contribution in [0.4, 0.5) is 24.7 Å². The molecule has 0 aromatic carbocycles. The number of anilines is 2. The molecule has 0 saturated carbocycles. The van der Waals surface area contributed by atoms with E-state index in [0.717, 1.165) is 66.2 Å². The fraction of sp³-hybridized carbons (Fsp3) is 0.565. The van der Waals surface area contributed by atoms with Crippen LogP contribution in [0.5, 0.6) is 0 Å². The number of alkyl halides is 3. The Morgan fingerprint density at radius 3 is 2.44 bits per heavy atom. The predicted molar refractivity (Wildman–Crippen MR) is 119 cm³/mol. The lowest BCUT2D eigenvalue weighted by atomic mass is 9.77. The first-order valence-corrected chi connectivity index (χ1v) is 11.6. The molecule has 6 heterocycles. The molecule has 3 aromatic rings. The zero-order valence-electron chi connectivity index (χ0n) is 19.2. The van der Waals surface area contributed by atoms with Crippen LogP contribution < -0.4 is 9.80 Å². The van der Waals surface area contributed by atoms with Crippen molar-refractivity contribution in [1.29, 1.82) is 0 Å². The van der Waals surface area contributed by atoms with E-state index in [9.17, 15) is 13.2 Å². The standard InChI is InChI=1S/C23H26F3N7O/c1-14-15(2)20(30-33-19(14)28-29-21(33)23(24,25)26)32-6-3-18-16(11-32)9-17(10-27-18)31-7-4-22(5-8-31)12-34-13-22/h9-10H,3-8,11-13H2,1-2H3. The summed E-state index contributed by atoms with van der Waals surface area (Å²) in [5.41, 5.74) is 5.19. The highest BCUT2D eigenvalue weighted by molar-refractivity contribution is 5.60. The molecule has 8 nitrogen and oxygen atoms in total. The molecule has 11 heteroatoms. The van der Waals surface area contributed by atoms with Crippen LogP contribution in [0.2, 0.25) is 0 Å². The van der Waals surface area contributed by atoms with Gasteiger partial charge in [-0.1, -0.05) is 0 Å². The molecule has 0 radical (unpaired) electrons. The zero-order valence-corrected chi connectivity index (χ0v) is 19.2. The Balaban J connectivity index is 1.29. The van der Waals surface area contributed by atoms with Gasteiger partial charge in [-0.15, -0.1) is 15.3 Å². The number of halogens is 3. The Bertz CT molecular complexity index is 1260. The monoisotopic (exact) mass is 473 g/mol. The fourth-order valence-corrected chi connectivity index (χ4v) is 5.28. The molecule has 1 spiro atoms. The molecule has 0 amide bonds. The van der Waals surface area contributed by atoms with Gasteiger partial charge in [0, 0.05) is 54.8 Å². The number of nitrogens with zero attached hydrogens (tertiary/aromatic N) is 7. The van der Waals surface area contributed by atoms with Crippen LogP contribution in [0.1, 0.15) is 41.1 Å². The largest absolute Gasteiger partial charge is 0.453 e. The summed E-state index contributed by atoms with van der Waals surface area (Å²) in [6.07, 6.45) is 0.286. The average molecular weight is 474 g/mol. The van der Waals surface area contributed by atoms with E-state index < -0.39 is 12.0 Å². The van der Waals surface area contributed by atoms with Gasteiger partial charge < -0.3 is 14.5 Å². The second kappa shape index (κ2) is 7.53. The van der Waals surface area contributed by atoms with Gasteiger partial charge in [0.2, 0.25) is 0 Å². The van der Waals surface area contributed by atoms with Crippen LogP contribution in [0, 0.1) is 19.3 Å². The van der Waals surface area contributed by atoms with E-state index in [4.69, 9.17) is 9.72 Å². The molecule has 180 valence electrons. The van der Waals surface area contributed by atoms with Gasteiger partial charge in [-0.05, 0) is 38.3 Å². The summed E-state index contributed by atoms with van der Waals surface area (Å²) in [5.74, 6) is -0.579. The van der Waals surface area contributed by atoms with Crippen LogP contribution in [0.3, 0.4) is 0 Å². The Hall–Kier alpha value is -2.95. The SMILES string of the molecule is Cc1c(N2CCc3ncc(N4CCC5(CC4)COC5)cc3C2)nn2c(C(F)(F)F)nnc2c1C. The van der Waals surface area contributed by atoms with E-state index in [1.807, 2.05) is 18.0 Å². The van der Waals surface area contributed by atoms with E-state index >= 15 is 0 Å². The number of pyridine rings is 1. The van der Waals surface area contributed by atoms with Gasteiger partial charge in [-0.2, -0.15) is 17.7 Å². The summed E-state index contributed by atoms with van der Waals surface area (Å²) in [5, 5.41) is 11.5. The van der Waals surface area contributed by atoms with E-state index in [1.54, 1.807) is 6.92 Å². The molecule has 6 rings (SSSR count). The first kappa shape index (κ1) is 21.6. The number of fused-ring (bicyclic) bond motifs is 2. The van der Waals surface area contributed by atoms with Crippen molar-refractivity contribution in [2.24, 2.45) is 5.41 Å². The molecule has 3 aromatic heterocycles. The molecule has 3 aliphatic heterocycles. The third-order valence-corrected chi connectivity index (χ3v) is 7.65. The first-order chi connectivity index (χ1) is 16.2. The number of piperidine rings is 1. The summed E-state index contributed by atoms with van der Waals surface area (Å²) >= 11 is 0. The summed E-state index contributed by atoms with van der Waals surface area (Å²) in [7, 11) is 0. The molecule has 0 unspecified atom stereocenters. The van der Waals surface area contributed by atoms with Crippen molar-refractivity contribution in [3.8, 4) is 0 Å². The molecular weight excluding hydrogens is 447 g/mol. The first-order valence-electron chi connectivity index (χ1n) is 11.6.